The van der Waals surface area contributed by atoms with E-state index in [2.05, 4.69) is 9.82 Å². The average Bonchev–Trinajstić information content (AvgIpc) is 3.41. The number of nitrogens with one attached hydrogen (secondary N) is 1. The summed E-state index contributed by atoms with van der Waals surface area (Å²) in [6, 6.07) is 12.4. The third kappa shape index (κ3) is 6.66. The molecule has 2 aromatic carbocycles. The average molecular weight is 601 g/mol. The van der Waals surface area contributed by atoms with Crippen LogP contribution in [0.1, 0.15) is 39.1 Å². The highest BCUT2D eigenvalue weighted by Gasteiger charge is 2.35. The predicted molar refractivity (Wildman–Crippen MR) is 164 cm³/mol. The van der Waals surface area contributed by atoms with Crippen molar-refractivity contribution in [1.29, 1.82) is 0 Å². The number of fused-ring (bicyclic) bond motifs is 1. The van der Waals surface area contributed by atoms with Gasteiger partial charge in [-0.15, -0.1) is 9.89 Å². The number of sulfone groups is 1. The quantitative estimate of drug-likeness (QED) is 0.378. The Morgan fingerprint density at radius 3 is 2.24 bits per heavy atom. The van der Waals surface area contributed by atoms with E-state index in [1.54, 1.807) is 29.2 Å². The molecule has 0 radical (unpaired) electrons. The first-order chi connectivity index (χ1) is 19.0. The minimum absolute atomic E-state index is 0.0177. The van der Waals surface area contributed by atoms with Gasteiger partial charge in [-0.05, 0) is 61.9 Å². The molecule has 0 fully saturated rings. The smallest absolute Gasteiger partial charge is 0.229 e. The lowest BCUT2D eigenvalue weighted by Crippen LogP contribution is -2.45. The fourth-order valence-electron chi connectivity index (χ4n) is 4.55. The Bertz CT molecular complexity index is 1740. The predicted octanol–water partition coefficient (Wildman–Crippen LogP) is 3.17. The zero-order chi connectivity index (χ0) is 30.3. The van der Waals surface area contributed by atoms with E-state index in [9.17, 15) is 16.8 Å². The van der Waals surface area contributed by atoms with Gasteiger partial charge in [0.25, 0.3) is 0 Å². The molecule has 0 saturated heterocycles. The van der Waals surface area contributed by atoms with Crippen molar-refractivity contribution in [2.45, 2.75) is 40.0 Å². The largest absolute Gasteiger partial charge is 0.354 e. The molecule has 1 unspecified atom stereocenters. The Balaban J connectivity index is 1.73. The van der Waals surface area contributed by atoms with E-state index in [-0.39, 0.29) is 12.0 Å². The molecule has 0 spiro atoms. The summed E-state index contributed by atoms with van der Waals surface area (Å²) in [7, 11) is -6.78. The molecule has 0 saturated carbocycles. The van der Waals surface area contributed by atoms with E-state index in [1.807, 2.05) is 52.8 Å². The Hall–Kier alpha value is -3.62. The Labute approximate surface area is 241 Å². The van der Waals surface area contributed by atoms with Gasteiger partial charge in [-0.25, -0.2) is 26.8 Å². The molecule has 0 amide bonds. The van der Waals surface area contributed by atoms with Gasteiger partial charge in [0.15, 0.2) is 15.7 Å². The van der Waals surface area contributed by atoms with Crippen LogP contribution in [-0.2, 0) is 19.9 Å². The van der Waals surface area contributed by atoms with Crippen molar-refractivity contribution in [2.24, 2.45) is 21.2 Å². The number of rotatable bonds is 9. The van der Waals surface area contributed by atoms with Gasteiger partial charge >= 0.3 is 0 Å². The van der Waals surface area contributed by atoms with E-state index in [0.717, 1.165) is 23.2 Å². The van der Waals surface area contributed by atoms with E-state index < -0.39 is 25.2 Å². The van der Waals surface area contributed by atoms with E-state index in [1.165, 1.54) is 11.0 Å². The lowest BCUT2D eigenvalue weighted by atomic mass is 9.87. The SMILES string of the molecule is CCN(c1ccc(N=C2C(C(C)(C)C)=Nn3nc(-c4ccc(NS(C)(=O)=O)cc4)nc32)c(C)c1)C(CN)S(C)(=O)=O. The fourth-order valence-corrected chi connectivity index (χ4v) is 6.20. The van der Waals surface area contributed by atoms with Crippen LogP contribution in [0.3, 0.4) is 0 Å². The standard InChI is InChI=1S/C27H36N8O4S2/c1-8-34(22(16-28)40(6,36)37)20-13-14-21(17(2)15-20)29-23-24(27(3,4)5)31-35-26(23)30-25(32-35)18-9-11-19(12-10-18)33-41(7,38)39/h9-15,22,33H,8,16,28H2,1-7H3. The van der Waals surface area contributed by atoms with Crippen LogP contribution in [0, 0.1) is 12.3 Å². The Morgan fingerprint density at radius 1 is 1.07 bits per heavy atom. The molecular formula is C27H36N8O4S2. The molecular weight excluding hydrogens is 564 g/mol. The summed E-state index contributed by atoms with van der Waals surface area (Å²) in [4.78, 5) is 13.0. The van der Waals surface area contributed by atoms with Crippen LogP contribution < -0.4 is 15.4 Å². The first-order valence-electron chi connectivity index (χ1n) is 13.0. The third-order valence-corrected chi connectivity index (χ3v) is 8.55. The number of nitrogens with zero attached hydrogens (tertiary/aromatic N) is 6. The number of anilines is 2. The van der Waals surface area contributed by atoms with Crippen molar-refractivity contribution >= 4 is 48.3 Å². The number of aliphatic imine (C=N–C) groups is 1. The molecule has 3 aromatic rings. The van der Waals surface area contributed by atoms with Crippen molar-refractivity contribution in [3.05, 3.63) is 53.9 Å². The summed E-state index contributed by atoms with van der Waals surface area (Å²) in [5.74, 6) is 0.914. The highest BCUT2D eigenvalue weighted by Crippen LogP contribution is 2.31. The third-order valence-electron chi connectivity index (χ3n) is 6.51. The highest BCUT2D eigenvalue weighted by molar-refractivity contribution is 7.92. The van der Waals surface area contributed by atoms with E-state index in [4.69, 9.17) is 20.8 Å². The summed E-state index contributed by atoms with van der Waals surface area (Å²) in [5, 5.41) is 8.45. The molecule has 0 aliphatic carbocycles. The minimum atomic E-state index is -3.40. The van der Waals surface area contributed by atoms with Crippen LogP contribution in [0.2, 0.25) is 0 Å². The fraction of sp³-hybridized carbons (Fsp3) is 0.407. The zero-order valence-corrected chi connectivity index (χ0v) is 25.9. The number of hydrogen-bond acceptors (Lipinski definition) is 10. The van der Waals surface area contributed by atoms with Gasteiger partial charge in [0.1, 0.15) is 11.1 Å². The highest BCUT2D eigenvalue weighted by atomic mass is 32.2. The maximum absolute atomic E-state index is 12.3. The normalized spacial score (nSPS) is 15.5. The number of likely N-dealkylation sites (N-methyl/N-ethyl adjacent to an activating group) is 1. The minimum Gasteiger partial charge on any atom is -0.354 e. The van der Waals surface area contributed by atoms with Crippen LogP contribution in [0.25, 0.3) is 11.4 Å². The maximum atomic E-state index is 12.3. The molecule has 4 rings (SSSR count). The number of aryl methyl sites for hydroxylation is 1. The number of aromatic nitrogens is 3. The van der Waals surface area contributed by atoms with Gasteiger partial charge in [0.05, 0.1) is 17.7 Å². The first-order valence-corrected chi connectivity index (χ1v) is 16.9. The van der Waals surface area contributed by atoms with E-state index in [0.29, 0.717) is 40.8 Å². The van der Waals surface area contributed by atoms with Gasteiger partial charge in [0.2, 0.25) is 15.8 Å². The van der Waals surface area contributed by atoms with Crippen LogP contribution in [0.4, 0.5) is 17.1 Å². The second kappa shape index (κ2) is 11.0. The molecule has 220 valence electrons. The number of hydrogen-bond donors (Lipinski definition) is 2. The van der Waals surface area contributed by atoms with Gasteiger partial charge in [-0.3, -0.25) is 4.72 Å². The van der Waals surface area contributed by atoms with Gasteiger partial charge in [-0.1, -0.05) is 20.8 Å². The Kier molecular flexibility index (Phi) is 8.13. The molecule has 12 nitrogen and oxygen atoms in total. The molecule has 2 heterocycles. The second-order valence-electron chi connectivity index (χ2n) is 11.0. The zero-order valence-electron chi connectivity index (χ0n) is 24.2. The number of sulfonamides is 1. The molecule has 41 heavy (non-hydrogen) atoms. The lowest BCUT2D eigenvalue weighted by Gasteiger charge is -2.31. The molecule has 1 aliphatic heterocycles. The topological polar surface area (TPSA) is 165 Å². The van der Waals surface area contributed by atoms with Crippen molar-refractivity contribution < 1.29 is 16.8 Å². The van der Waals surface area contributed by atoms with Gasteiger partial charge < -0.3 is 10.6 Å². The molecule has 1 aliphatic rings. The van der Waals surface area contributed by atoms with Crippen molar-refractivity contribution in [2.75, 3.05) is 35.2 Å². The summed E-state index contributed by atoms with van der Waals surface area (Å²) in [6.45, 7) is 10.4. The molecule has 0 bridgehead atoms. The van der Waals surface area contributed by atoms with Crippen LogP contribution in [0.5, 0.6) is 0 Å². The Morgan fingerprint density at radius 2 is 1.73 bits per heavy atom. The summed E-state index contributed by atoms with van der Waals surface area (Å²) < 4.78 is 50.2. The van der Waals surface area contributed by atoms with Crippen molar-refractivity contribution in [1.82, 2.24) is 14.9 Å². The van der Waals surface area contributed by atoms with E-state index >= 15 is 0 Å². The lowest BCUT2D eigenvalue weighted by molar-refractivity contribution is 0.579. The summed E-state index contributed by atoms with van der Waals surface area (Å²) in [6.07, 6.45) is 2.29. The number of nitrogens with two attached hydrogens (primary N) is 1. The monoisotopic (exact) mass is 600 g/mol. The van der Waals surface area contributed by atoms with Crippen LogP contribution >= 0.6 is 0 Å². The summed E-state index contributed by atoms with van der Waals surface area (Å²) >= 11 is 0. The summed E-state index contributed by atoms with van der Waals surface area (Å²) in [5.41, 5.74) is 10.2. The molecule has 1 aromatic heterocycles. The van der Waals surface area contributed by atoms with Crippen molar-refractivity contribution in [3.63, 3.8) is 0 Å². The maximum Gasteiger partial charge on any atom is 0.229 e. The number of benzene rings is 2. The second-order valence-corrected chi connectivity index (χ2v) is 15.0. The van der Waals surface area contributed by atoms with Crippen LogP contribution in [0.15, 0.2) is 52.6 Å². The molecule has 3 N–H and O–H groups in total. The van der Waals surface area contributed by atoms with Gasteiger partial charge in [-0.2, -0.15) is 5.10 Å². The van der Waals surface area contributed by atoms with Crippen LogP contribution in [-0.4, -0.2) is 74.1 Å². The molecule has 1 atom stereocenters. The van der Waals surface area contributed by atoms with Crippen molar-refractivity contribution in [3.8, 4) is 11.4 Å². The first kappa shape index (κ1) is 30.3. The van der Waals surface area contributed by atoms with Gasteiger partial charge in [0, 0.05) is 41.7 Å². The molecule has 14 heteroatoms.